The van der Waals surface area contributed by atoms with Gasteiger partial charge < -0.3 is 14.5 Å². The van der Waals surface area contributed by atoms with Gasteiger partial charge >= 0.3 is 0 Å². The first kappa shape index (κ1) is 20.1. The third-order valence-electron chi connectivity index (χ3n) is 4.73. The number of rotatable bonds is 5. The van der Waals surface area contributed by atoms with E-state index in [2.05, 4.69) is 4.72 Å². The Morgan fingerprint density at radius 1 is 1.11 bits per heavy atom. The SMILES string of the molecule is CNS(=O)(=O)c1cc(C(=O)N2CCN(c3ccccc3F)CC2)ccc1OC. The lowest BCUT2D eigenvalue weighted by Gasteiger charge is -2.36. The monoisotopic (exact) mass is 407 g/mol. The molecule has 1 heterocycles. The van der Waals surface area contributed by atoms with Crippen LogP contribution in [-0.4, -0.2) is 59.6 Å². The number of anilines is 1. The molecule has 0 radical (unpaired) electrons. The van der Waals surface area contributed by atoms with Crippen LogP contribution in [-0.2, 0) is 10.0 Å². The Hall–Kier alpha value is -2.65. The number of halogens is 1. The molecule has 9 heteroatoms. The zero-order chi connectivity index (χ0) is 20.3. The number of nitrogens with one attached hydrogen (secondary N) is 1. The highest BCUT2D eigenvalue weighted by Crippen LogP contribution is 2.26. The van der Waals surface area contributed by atoms with E-state index in [1.807, 2.05) is 4.90 Å². The highest BCUT2D eigenvalue weighted by atomic mass is 32.2. The summed E-state index contributed by atoms with van der Waals surface area (Å²) in [6.07, 6.45) is 0. The molecule has 7 nitrogen and oxygen atoms in total. The van der Waals surface area contributed by atoms with Crippen LogP contribution in [0.25, 0.3) is 0 Å². The molecular weight excluding hydrogens is 385 g/mol. The number of para-hydroxylation sites is 1. The van der Waals surface area contributed by atoms with Gasteiger partial charge in [-0.05, 0) is 37.4 Å². The van der Waals surface area contributed by atoms with Gasteiger partial charge in [-0.25, -0.2) is 17.5 Å². The lowest BCUT2D eigenvalue weighted by Crippen LogP contribution is -2.49. The highest BCUT2D eigenvalue weighted by Gasteiger charge is 2.26. The molecule has 2 aromatic rings. The summed E-state index contributed by atoms with van der Waals surface area (Å²) < 4.78 is 45.7. The number of carbonyl (C=O) groups excluding carboxylic acids is 1. The van der Waals surface area contributed by atoms with Crippen molar-refractivity contribution in [1.29, 1.82) is 0 Å². The molecule has 1 aliphatic rings. The van der Waals surface area contributed by atoms with E-state index in [4.69, 9.17) is 4.74 Å². The second kappa shape index (κ2) is 8.15. The van der Waals surface area contributed by atoms with E-state index in [1.165, 1.54) is 32.4 Å². The van der Waals surface area contributed by atoms with Crippen LogP contribution < -0.4 is 14.4 Å². The van der Waals surface area contributed by atoms with Gasteiger partial charge in [-0.15, -0.1) is 0 Å². The summed E-state index contributed by atoms with van der Waals surface area (Å²) in [5, 5.41) is 0. The average molecular weight is 407 g/mol. The number of hydrogen-bond donors (Lipinski definition) is 1. The summed E-state index contributed by atoms with van der Waals surface area (Å²) in [6.45, 7) is 1.80. The predicted octanol–water partition coefficient (Wildman–Crippen LogP) is 1.70. The summed E-state index contributed by atoms with van der Waals surface area (Å²) in [5.41, 5.74) is 0.774. The Morgan fingerprint density at radius 3 is 2.39 bits per heavy atom. The van der Waals surface area contributed by atoms with Crippen LogP contribution in [0.1, 0.15) is 10.4 Å². The summed E-state index contributed by atoms with van der Waals surface area (Å²) in [4.78, 5) is 16.3. The van der Waals surface area contributed by atoms with Crippen molar-refractivity contribution >= 4 is 21.6 Å². The number of amides is 1. The summed E-state index contributed by atoms with van der Waals surface area (Å²) in [5.74, 6) is -0.405. The number of carbonyl (C=O) groups is 1. The summed E-state index contributed by atoms with van der Waals surface area (Å²) >= 11 is 0. The third-order valence-corrected chi connectivity index (χ3v) is 6.16. The average Bonchev–Trinajstić information content (AvgIpc) is 2.73. The smallest absolute Gasteiger partial charge is 0.254 e. The van der Waals surface area contributed by atoms with Crippen LogP contribution in [0.4, 0.5) is 10.1 Å². The van der Waals surface area contributed by atoms with Crippen molar-refractivity contribution in [2.45, 2.75) is 4.90 Å². The van der Waals surface area contributed by atoms with Gasteiger partial charge in [0.05, 0.1) is 12.8 Å². The molecule has 0 aromatic heterocycles. The molecule has 1 amide bonds. The van der Waals surface area contributed by atoms with Gasteiger partial charge in [-0.1, -0.05) is 12.1 Å². The van der Waals surface area contributed by atoms with E-state index < -0.39 is 10.0 Å². The van der Waals surface area contributed by atoms with Gasteiger partial charge in [0.25, 0.3) is 5.91 Å². The number of ether oxygens (including phenoxy) is 1. The first-order valence-electron chi connectivity index (χ1n) is 8.77. The van der Waals surface area contributed by atoms with Crippen LogP contribution in [0.2, 0.25) is 0 Å². The highest BCUT2D eigenvalue weighted by molar-refractivity contribution is 7.89. The number of piperazine rings is 1. The maximum Gasteiger partial charge on any atom is 0.254 e. The van der Waals surface area contributed by atoms with Crippen molar-refractivity contribution in [2.24, 2.45) is 0 Å². The molecule has 0 aliphatic carbocycles. The number of hydrogen-bond acceptors (Lipinski definition) is 5. The van der Waals surface area contributed by atoms with Crippen molar-refractivity contribution in [3.63, 3.8) is 0 Å². The Labute approximate surface area is 163 Å². The molecule has 28 heavy (non-hydrogen) atoms. The van der Waals surface area contributed by atoms with Crippen molar-refractivity contribution in [2.75, 3.05) is 45.2 Å². The first-order valence-corrected chi connectivity index (χ1v) is 10.3. The van der Waals surface area contributed by atoms with Crippen LogP contribution in [0.5, 0.6) is 5.75 Å². The van der Waals surface area contributed by atoms with Gasteiger partial charge in [0.1, 0.15) is 16.5 Å². The number of nitrogens with zero attached hydrogens (tertiary/aromatic N) is 2. The van der Waals surface area contributed by atoms with Gasteiger partial charge in [0, 0.05) is 31.7 Å². The minimum Gasteiger partial charge on any atom is -0.495 e. The van der Waals surface area contributed by atoms with Crippen molar-refractivity contribution in [3.8, 4) is 5.75 Å². The van der Waals surface area contributed by atoms with Crippen LogP contribution in [0.3, 0.4) is 0 Å². The van der Waals surface area contributed by atoms with Crippen molar-refractivity contribution < 1.29 is 22.3 Å². The van der Waals surface area contributed by atoms with E-state index in [0.717, 1.165) is 0 Å². The van der Waals surface area contributed by atoms with E-state index >= 15 is 0 Å². The standard InChI is InChI=1S/C19H22FN3O4S/c1-21-28(25,26)18-13-14(7-8-17(18)27-2)19(24)23-11-9-22(10-12-23)16-6-4-3-5-15(16)20/h3-8,13,21H,9-12H2,1-2H3. The minimum absolute atomic E-state index is 0.0895. The summed E-state index contributed by atoms with van der Waals surface area (Å²) in [6, 6.07) is 10.9. The Morgan fingerprint density at radius 2 is 1.79 bits per heavy atom. The van der Waals surface area contributed by atoms with Gasteiger partial charge in [0.15, 0.2) is 0 Å². The fourth-order valence-corrected chi connectivity index (χ4v) is 4.09. The van der Waals surface area contributed by atoms with E-state index in [9.17, 15) is 17.6 Å². The lowest BCUT2D eigenvalue weighted by atomic mass is 10.1. The van der Waals surface area contributed by atoms with E-state index in [1.54, 1.807) is 29.2 Å². The maximum atomic E-state index is 14.0. The molecule has 0 spiro atoms. The number of methoxy groups -OCH3 is 1. The van der Waals surface area contributed by atoms with Crippen LogP contribution in [0, 0.1) is 5.82 Å². The Kier molecular flexibility index (Phi) is 5.85. The molecule has 150 valence electrons. The molecule has 0 bridgehead atoms. The summed E-state index contributed by atoms with van der Waals surface area (Å²) in [7, 11) is -1.11. The second-order valence-electron chi connectivity index (χ2n) is 6.30. The first-order chi connectivity index (χ1) is 13.4. The molecule has 1 fully saturated rings. The number of sulfonamides is 1. The predicted molar refractivity (Wildman–Crippen MR) is 104 cm³/mol. The minimum atomic E-state index is -3.77. The largest absolute Gasteiger partial charge is 0.495 e. The normalized spacial score (nSPS) is 14.8. The van der Waals surface area contributed by atoms with E-state index in [-0.39, 0.29) is 27.9 Å². The topological polar surface area (TPSA) is 79.0 Å². The molecule has 0 atom stereocenters. The van der Waals surface area contributed by atoms with Crippen LogP contribution in [0.15, 0.2) is 47.4 Å². The quantitative estimate of drug-likeness (QED) is 0.816. The molecule has 2 aromatic carbocycles. The fourth-order valence-electron chi connectivity index (χ4n) is 3.17. The zero-order valence-electron chi connectivity index (χ0n) is 15.7. The molecule has 0 unspecified atom stereocenters. The molecule has 1 saturated heterocycles. The third kappa shape index (κ3) is 3.95. The molecule has 3 rings (SSSR count). The Balaban J connectivity index is 1.77. The zero-order valence-corrected chi connectivity index (χ0v) is 16.5. The lowest BCUT2D eigenvalue weighted by molar-refractivity contribution is 0.0746. The maximum absolute atomic E-state index is 14.0. The molecule has 0 saturated carbocycles. The molecule has 1 N–H and O–H groups in total. The van der Waals surface area contributed by atoms with Crippen molar-refractivity contribution in [1.82, 2.24) is 9.62 Å². The molecule has 1 aliphatic heterocycles. The van der Waals surface area contributed by atoms with Gasteiger partial charge in [0.2, 0.25) is 10.0 Å². The number of benzene rings is 2. The Bertz CT molecular complexity index is 973. The molecular formula is C19H22FN3O4S. The second-order valence-corrected chi connectivity index (χ2v) is 8.16. The van der Waals surface area contributed by atoms with Gasteiger partial charge in [-0.3, -0.25) is 4.79 Å². The van der Waals surface area contributed by atoms with Crippen molar-refractivity contribution in [3.05, 3.63) is 53.8 Å². The van der Waals surface area contributed by atoms with Crippen LogP contribution >= 0.6 is 0 Å². The van der Waals surface area contributed by atoms with Gasteiger partial charge in [-0.2, -0.15) is 0 Å². The van der Waals surface area contributed by atoms with E-state index in [0.29, 0.717) is 31.9 Å². The fraction of sp³-hybridized carbons (Fsp3) is 0.316.